The molecule has 0 bridgehead atoms. The highest BCUT2D eigenvalue weighted by atomic mass is 79.9. The standard InChI is InChI=1S/C23H24BrNO3/c1-14-7-9-25(10-8-14)13-17-19(26)11-15(2)21-22(27)20(28-23(17)21)12-16-5-3-4-6-18(16)24/h3-6,11-12,14,26H,7-10,13H2,1-2H3/b20-12-. The molecular weight excluding hydrogens is 418 g/mol. The summed E-state index contributed by atoms with van der Waals surface area (Å²) in [7, 11) is 0. The smallest absolute Gasteiger partial charge is 0.232 e. The van der Waals surface area contributed by atoms with Crippen molar-refractivity contribution in [3.63, 3.8) is 0 Å². The third kappa shape index (κ3) is 3.61. The number of fused-ring (bicyclic) bond motifs is 1. The third-order valence-electron chi connectivity index (χ3n) is 5.67. The quantitative estimate of drug-likeness (QED) is 0.655. The largest absolute Gasteiger partial charge is 0.507 e. The summed E-state index contributed by atoms with van der Waals surface area (Å²) in [5.74, 6) is 1.62. The molecule has 146 valence electrons. The Bertz CT molecular complexity index is 959. The summed E-state index contributed by atoms with van der Waals surface area (Å²) in [4.78, 5) is 15.4. The zero-order valence-electron chi connectivity index (χ0n) is 16.2. The molecule has 2 aliphatic rings. The number of hydrogen-bond acceptors (Lipinski definition) is 4. The van der Waals surface area contributed by atoms with Crippen molar-refractivity contribution in [2.24, 2.45) is 5.92 Å². The minimum atomic E-state index is -0.128. The highest BCUT2D eigenvalue weighted by Gasteiger charge is 2.34. The number of phenols is 1. The first-order valence-corrected chi connectivity index (χ1v) is 10.5. The van der Waals surface area contributed by atoms with Crippen LogP contribution in [0.1, 0.15) is 46.8 Å². The van der Waals surface area contributed by atoms with Crippen molar-refractivity contribution in [1.82, 2.24) is 4.90 Å². The van der Waals surface area contributed by atoms with Gasteiger partial charge in [-0.25, -0.2) is 0 Å². The number of aryl methyl sites for hydroxylation is 1. The molecule has 0 spiro atoms. The van der Waals surface area contributed by atoms with Crippen molar-refractivity contribution < 1.29 is 14.6 Å². The Kier molecular flexibility index (Phi) is 5.30. The van der Waals surface area contributed by atoms with Crippen LogP contribution >= 0.6 is 15.9 Å². The van der Waals surface area contributed by atoms with Gasteiger partial charge in [0, 0.05) is 11.0 Å². The summed E-state index contributed by atoms with van der Waals surface area (Å²) < 4.78 is 6.94. The van der Waals surface area contributed by atoms with E-state index in [1.807, 2.05) is 31.2 Å². The summed E-state index contributed by atoms with van der Waals surface area (Å²) in [6, 6.07) is 9.39. The Morgan fingerprint density at radius 1 is 1.29 bits per heavy atom. The van der Waals surface area contributed by atoms with Gasteiger partial charge in [-0.15, -0.1) is 0 Å². The number of rotatable bonds is 3. The number of carbonyl (C=O) groups is 1. The highest BCUT2D eigenvalue weighted by Crippen LogP contribution is 2.42. The molecule has 0 atom stereocenters. The van der Waals surface area contributed by atoms with Gasteiger partial charge in [-0.1, -0.05) is 41.1 Å². The molecule has 5 heteroatoms. The van der Waals surface area contributed by atoms with Crippen LogP contribution in [0, 0.1) is 12.8 Å². The van der Waals surface area contributed by atoms with E-state index in [1.54, 1.807) is 12.1 Å². The van der Waals surface area contributed by atoms with Gasteiger partial charge >= 0.3 is 0 Å². The van der Waals surface area contributed by atoms with Crippen LogP contribution in [0.3, 0.4) is 0 Å². The van der Waals surface area contributed by atoms with E-state index in [-0.39, 0.29) is 11.5 Å². The zero-order chi connectivity index (χ0) is 19.8. The van der Waals surface area contributed by atoms with Crippen molar-refractivity contribution >= 4 is 27.8 Å². The third-order valence-corrected chi connectivity index (χ3v) is 6.39. The molecule has 1 N–H and O–H groups in total. The van der Waals surface area contributed by atoms with E-state index in [2.05, 4.69) is 27.8 Å². The van der Waals surface area contributed by atoms with E-state index >= 15 is 0 Å². The first-order chi connectivity index (χ1) is 13.4. The molecule has 2 aromatic carbocycles. The number of aromatic hydroxyl groups is 1. The van der Waals surface area contributed by atoms with Gasteiger partial charge in [0.1, 0.15) is 11.5 Å². The molecule has 0 unspecified atom stereocenters. The number of ketones is 1. The van der Waals surface area contributed by atoms with Crippen LogP contribution in [0.2, 0.25) is 0 Å². The number of benzene rings is 2. The molecule has 2 aliphatic heterocycles. The second kappa shape index (κ2) is 7.72. The normalized spacial score (nSPS) is 19.1. The number of halogens is 1. The molecule has 1 saturated heterocycles. The molecule has 2 aromatic rings. The van der Waals surface area contributed by atoms with Crippen molar-refractivity contribution in [1.29, 1.82) is 0 Å². The molecule has 4 rings (SSSR count). The SMILES string of the molecule is Cc1cc(O)c(CN2CCC(C)CC2)c2c1C(=O)/C(=C/c1ccccc1Br)O2. The molecular formula is C23H24BrNO3. The average Bonchev–Trinajstić information content (AvgIpc) is 2.99. The minimum Gasteiger partial charge on any atom is -0.507 e. The van der Waals surface area contributed by atoms with Crippen LogP contribution in [-0.2, 0) is 6.54 Å². The predicted octanol–water partition coefficient (Wildman–Crippen LogP) is 5.31. The first kappa shape index (κ1) is 19.2. The lowest BCUT2D eigenvalue weighted by Gasteiger charge is -2.30. The summed E-state index contributed by atoms with van der Waals surface area (Å²) in [6.07, 6.45) is 4.07. The van der Waals surface area contributed by atoms with E-state index in [0.717, 1.165) is 47.4 Å². The van der Waals surface area contributed by atoms with E-state index in [1.165, 1.54) is 0 Å². The number of likely N-dealkylation sites (tertiary alicyclic amines) is 1. The van der Waals surface area contributed by atoms with E-state index in [9.17, 15) is 9.90 Å². The van der Waals surface area contributed by atoms with Crippen LogP contribution in [0.5, 0.6) is 11.5 Å². The fourth-order valence-corrected chi connectivity index (χ4v) is 4.31. The average molecular weight is 442 g/mol. The van der Waals surface area contributed by atoms with E-state index in [0.29, 0.717) is 29.2 Å². The Morgan fingerprint density at radius 3 is 2.71 bits per heavy atom. The maximum atomic E-state index is 13.0. The summed E-state index contributed by atoms with van der Waals surface area (Å²) in [6.45, 7) is 6.71. The fourth-order valence-electron chi connectivity index (χ4n) is 3.91. The second-order valence-electron chi connectivity index (χ2n) is 7.82. The Balaban J connectivity index is 1.69. The predicted molar refractivity (Wildman–Crippen MR) is 114 cm³/mol. The fraction of sp³-hybridized carbons (Fsp3) is 0.348. The van der Waals surface area contributed by atoms with Crippen molar-refractivity contribution in [3.05, 3.63) is 62.8 Å². The molecule has 0 aliphatic carbocycles. The van der Waals surface area contributed by atoms with Gasteiger partial charge in [-0.3, -0.25) is 9.69 Å². The molecule has 4 nitrogen and oxygen atoms in total. The lowest BCUT2D eigenvalue weighted by Crippen LogP contribution is -2.32. The van der Waals surface area contributed by atoms with Crippen molar-refractivity contribution in [2.45, 2.75) is 33.2 Å². The van der Waals surface area contributed by atoms with Gasteiger partial charge in [0.15, 0.2) is 5.76 Å². The van der Waals surface area contributed by atoms with Crippen LogP contribution in [0.25, 0.3) is 6.08 Å². The van der Waals surface area contributed by atoms with Crippen molar-refractivity contribution in [2.75, 3.05) is 13.1 Å². The minimum absolute atomic E-state index is 0.128. The summed E-state index contributed by atoms with van der Waals surface area (Å²) in [5, 5.41) is 10.6. The van der Waals surface area contributed by atoms with Crippen LogP contribution in [-0.4, -0.2) is 28.9 Å². The molecule has 0 radical (unpaired) electrons. The Labute approximate surface area is 173 Å². The van der Waals surface area contributed by atoms with Crippen LogP contribution in [0.15, 0.2) is 40.6 Å². The van der Waals surface area contributed by atoms with E-state index < -0.39 is 0 Å². The zero-order valence-corrected chi connectivity index (χ0v) is 17.8. The number of carbonyl (C=O) groups excluding carboxylic acids is 1. The lowest BCUT2D eigenvalue weighted by molar-refractivity contribution is 0.101. The summed E-state index contributed by atoms with van der Waals surface area (Å²) >= 11 is 3.51. The Hall–Kier alpha value is -2.11. The highest BCUT2D eigenvalue weighted by molar-refractivity contribution is 9.10. The molecule has 28 heavy (non-hydrogen) atoms. The first-order valence-electron chi connectivity index (χ1n) is 9.70. The van der Waals surface area contributed by atoms with Gasteiger partial charge in [0.2, 0.25) is 5.78 Å². The maximum absolute atomic E-state index is 13.0. The number of nitrogens with zero attached hydrogens (tertiary/aromatic N) is 1. The molecule has 0 amide bonds. The van der Waals surface area contributed by atoms with E-state index in [4.69, 9.17) is 4.74 Å². The van der Waals surface area contributed by atoms with Gasteiger partial charge in [0.05, 0.1) is 11.1 Å². The topological polar surface area (TPSA) is 49.8 Å². The molecule has 0 aromatic heterocycles. The van der Waals surface area contributed by atoms with Crippen LogP contribution < -0.4 is 4.74 Å². The van der Waals surface area contributed by atoms with Gasteiger partial charge in [0.25, 0.3) is 0 Å². The maximum Gasteiger partial charge on any atom is 0.232 e. The molecule has 1 fully saturated rings. The molecule has 2 heterocycles. The number of phenolic OH excluding ortho intramolecular Hbond substituents is 1. The van der Waals surface area contributed by atoms with Gasteiger partial charge in [-0.2, -0.15) is 0 Å². The number of allylic oxidation sites excluding steroid dienone is 1. The number of Topliss-reactive ketones (excluding diaryl/α,β-unsaturated/α-hetero) is 1. The molecule has 0 saturated carbocycles. The number of ether oxygens (including phenoxy) is 1. The van der Waals surface area contributed by atoms with Gasteiger partial charge < -0.3 is 9.84 Å². The monoisotopic (exact) mass is 441 g/mol. The lowest BCUT2D eigenvalue weighted by atomic mass is 9.96. The number of piperidine rings is 1. The second-order valence-corrected chi connectivity index (χ2v) is 8.67. The van der Waals surface area contributed by atoms with Crippen LogP contribution in [0.4, 0.5) is 0 Å². The Morgan fingerprint density at radius 2 is 2.00 bits per heavy atom. The number of hydrogen-bond donors (Lipinski definition) is 1. The van der Waals surface area contributed by atoms with Crippen molar-refractivity contribution in [3.8, 4) is 11.5 Å². The summed E-state index contributed by atoms with van der Waals surface area (Å²) in [5.41, 5.74) is 2.90. The van der Waals surface area contributed by atoms with Gasteiger partial charge in [-0.05, 0) is 68.1 Å².